The molecule has 3 rings (SSSR count). The Balaban J connectivity index is 1.64. The molecule has 132 valence electrons. The molecule has 0 saturated heterocycles. The van der Waals surface area contributed by atoms with Crippen LogP contribution in [-0.2, 0) is 4.79 Å². The molecule has 2 N–H and O–H groups in total. The van der Waals surface area contributed by atoms with Crippen molar-refractivity contribution in [1.82, 2.24) is 15.6 Å². The Hall–Kier alpha value is -3.88. The van der Waals surface area contributed by atoms with Gasteiger partial charge in [0.25, 0.3) is 5.91 Å². The van der Waals surface area contributed by atoms with Crippen LogP contribution in [0.25, 0.3) is 11.5 Å². The number of hydrogen-bond acceptors (Lipinski definition) is 7. The summed E-state index contributed by atoms with van der Waals surface area (Å²) >= 11 is 0. The third-order valence-electron chi connectivity index (χ3n) is 3.23. The lowest BCUT2D eigenvalue weighted by Crippen LogP contribution is -2.29. The second kappa shape index (κ2) is 7.79. The van der Waals surface area contributed by atoms with E-state index in [9.17, 15) is 14.7 Å². The number of hydrogen-bond donors (Lipinski definition) is 2. The van der Waals surface area contributed by atoms with Gasteiger partial charge in [-0.25, -0.2) is 5.43 Å². The summed E-state index contributed by atoms with van der Waals surface area (Å²) in [4.78, 5) is 22.6. The average molecular weight is 353 g/mol. The zero-order valence-electron chi connectivity index (χ0n) is 13.3. The molecule has 0 fully saturated rings. The first kappa shape index (κ1) is 17.0. The predicted octanol–water partition coefficient (Wildman–Crippen LogP) is 0.562. The van der Waals surface area contributed by atoms with E-state index in [-0.39, 0.29) is 5.69 Å². The standard InChI is InChI=1S/C17H14N4O5/c22-16(23)10-26-14-5-2-1-4-11(14)9-18-21-17(24)13-8-12(19-20-13)15-6-3-7-25-15/h1-9H,10H2,(H,19,20)(H,21,24)(H,22,23)/p-1/b18-9-. The highest BCUT2D eigenvalue weighted by Gasteiger charge is 2.12. The topological polar surface area (TPSA) is 133 Å². The first-order chi connectivity index (χ1) is 12.6. The molecular formula is C17H13N4O5-. The summed E-state index contributed by atoms with van der Waals surface area (Å²) in [6.45, 7) is -0.583. The summed E-state index contributed by atoms with van der Waals surface area (Å²) in [7, 11) is 0. The Kier molecular flexibility index (Phi) is 5.08. The molecule has 2 aromatic heterocycles. The van der Waals surface area contributed by atoms with Crippen LogP contribution < -0.4 is 15.3 Å². The largest absolute Gasteiger partial charge is 0.546 e. The van der Waals surface area contributed by atoms with Crippen molar-refractivity contribution in [2.45, 2.75) is 0 Å². The van der Waals surface area contributed by atoms with E-state index in [0.717, 1.165) is 0 Å². The maximum Gasteiger partial charge on any atom is 0.291 e. The SMILES string of the molecule is O=C([O-])COc1ccccc1/C=N\NC(=O)c1cc(-c2ccco2)[nH]n1. The number of hydrazone groups is 1. The lowest BCUT2D eigenvalue weighted by Gasteiger charge is -2.08. The number of benzene rings is 1. The summed E-state index contributed by atoms with van der Waals surface area (Å²) in [5, 5.41) is 20.9. The maximum absolute atomic E-state index is 12.1. The van der Waals surface area contributed by atoms with Gasteiger partial charge in [0, 0.05) is 11.6 Å². The van der Waals surface area contributed by atoms with Gasteiger partial charge >= 0.3 is 0 Å². The predicted molar refractivity (Wildman–Crippen MR) is 88.3 cm³/mol. The van der Waals surface area contributed by atoms with Gasteiger partial charge in [-0.2, -0.15) is 10.2 Å². The molecule has 0 bridgehead atoms. The fourth-order valence-electron chi connectivity index (χ4n) is 2.07. The van der Waals surface area contributed by atoms with Crippen LogP contribution >= 0.6 is 0 Å². The number of para-hydroxylation sites is 1. The number of amides is 1. The van der Waals surface area contributed by atoms with E-state index in [1.807, 2.05) is 0 Å². The van der Waals surface area contributed by atoms with E-state index in [1.165, 1.54) is 18.5 Å². The Bertz CT molecular complexity index is 930. The fourth-order valence-corrected chi connectivity index (χ4v) is 2.07. The molecule has 0 spiro atoms. The number of ether oxygens (including phenoxy) is 1. The van der Waals surface area contributed by atoms with Crippen LogP contribution in [0.1, 0.15) is 16.1 Å². The lowest BCUT2D eigenvalue weighted by molar-refractivity contribution is -0.307. The van der Waals surface area contributed by atoms with Gasteiger partial charge in [-0.3, -0.25) is 9.89 Å². The highest BCUT2D eigenvalue weighted by molar-refractivity contribution is 5.94. The minimum atomic E-state index is -1.34. The fraction of sp³-hybridized carbons (Fsp3) is 0.0588. The molecule has 26 heavy (non-hydrogen) atoms. The number of carbonyl (C=O) groups excluding carboxylic acids is 2. The van der Waals surface area contributed by atoms with Crippen molar-refractivity contribution < 1.29 is 23.8 Å². The van der Waals surface area contributed by atoms with Gasteiger partial charge in [-0.05, 0) is 24.3 Å². The zero-order chi connectivity index (χ0) is 18.4. The Morgan fingerprint density at radius 2 is 2.15 bits per heavy atom. The monoisotopic (exact) mass is 353 g/mol. The number of aliphatic carboxylic acids is 1. The molecule has 3 aromatic rings. The van der Waals surface area contributed by atoms with Crippen molar-refractivity contribution in [2.24, 2.45) is 5.10 Å². The summed E-state index contributed by atoms with van der Waals surface area (Å²) < 4.78 is 10.3. The number of H-pyrrole nitrogens is 1. The number of nitrogens with one attached hydrogen (secondary N) is 2. The van der Waals surface area contributed by atoms with Crippen LogP contribution in [0.3, 0.4) is 0 Å². The van der Waals surface area contributed by atoms with E-state index in [0.29, 0.717) is 22.8 Å². The smallest absolute Gasteiger partial charge is 0.291 e. The summed E-state index contributed by atoms with van der Waals surface area (Å²) in [6.07, 6.45) is 2.85. The van der Waals surface area contributed by atoms with Gasteiger partial charge in [0.05, 0.1) is 18.4 Å². The Morgan fingerprint density at radius 1 is 1.31 bits per heavy atom. The number of carboxylic acid groups (broad SMARTS) is 1. The summed E-state index contributed by atoms with van der Waals surface area (Å²) in [5.41, 5.74) is 3.52. The van der Waals surface area contributed by atoms with E-state index in [1.54, 1.807) is 36.4 Å². The third kappa shape index (κ3) is 4.15. The van der Waals surface area contributed by atoms with E-state index >= 15 is 0 Å². The highest BCUT2D eigenvalue weighted by Crippen LogP contribution is 2.18. The molecule has 0 aliphatic heterocycles. The molecule has 1 amide bonds. The van der Waals surface area contributed by atoms with Gasteiger partial charge in [0.2, 0.25) is 0 Å². The number of carboxylic acids is 1. The minimum Gasteiger partial charge on any atom is -0.546 e. The van der Waals surface area contributed by atoms with E-state index in [2.05, 4.69) is 20.7 Å². The molecule has 9 nitrogen and oxygen atoms in total. The van der Waals surface area contributed by atoms with Crippen LogP contribution in [0.2, 0.25) is 0 Å². The van der Waals surface area contributed by atoms with Crippen LogP contribution in [-0.4, -0.2) is 34.9 Å². The van der Waals surface area contributed by atoms with E-state index < -0.39 is 18.5 Å². The molecule has 0 atom stereocenters. The van der Waals surface area contributed by atoms with Gasteiger partial charge in [-0.15, -0.1) is 0 Å². The van der Waals surface area contributed by atoms with Crippen molar-refractivity contribution in [3.63, 3.8) is 0 Å². The summed E-state index contributed by atoms with van der Waals surface area (Å²) in [5.74, 6) is -1.01. The number of aromatic nitrogens is 2. The van der Waals surface area contributed by atoms with Crippen LogP contribution in [0.5, 0.6) is 5.75 Å². The van der Waals surface area contributed by atoms with Crippen LogP contribution in [0.15, 0.2) is 58.2 Å². The zero-order valence-corrected chi connectivity index (χ0v) is 13.3. The quantitative estimate of drug-likeness (QED) is 0.471. The van der Waals surface area contributed by atoms with Gasteiger partial charge < -0.3 is 19.1 Å². The Labute approximate surface area is 147 Å². The second-order valence-corrected chi connectivity index (χ2v) is 5.04. The average Bonchev–Trinajstić information content (AvgIpc) is 3.32. The third-order valence-corrected chi connectivity index (χ3v) is 3.23. The molecule has 0 unspecified atom stereocenters. The molecule has 0 radical (unpaired) electrons. The van der Waals surface area contributed by atoms with Gasteiger partial charge in [-0.1, -0.05) is 12.1 Å². The first-order valence-corrected chi connectivity index (χ1v) is 7.48. The number of rotatable bonds is 7. The van der Waals surface area contributed by atoms with Crippen molar-refractivity contribution in [2.75, 3.05) is 6.61 Å². The van der Waals surface area contributed by atoms with Crippen molar-refractivity contribution in [3.8, 4) is 17.2 Å². The second-order valence-electron chi connectivity index (χ2n) is 5.04. The molecule has 0 aliphatic carbocycles. The molecule has 1 aromatic carbocycles. The maximum atomic E-state index is 12.1. The molecule has 0 saturated carbocycles. The lowest BCUT2D eigenvalue weighted by atomic mass is 10.2. The number of nitrogens with zero attached hydrogens (tertiary/aromatic N) is 2. The Morgan fingerprint density at radius 3 is 2.92 bits per heavy atom. The molecule has 9 heteroatoms. The normalized spacial score (nSPS) is 10.8. The van der Waals surface area contributed by atoms with Crippen molar-refractivity contribution >= 4 is 18.1 Å². The van der Waals surface area contributed by atoms with Gasteiger partial charge in [0.1, 0.15) is 18.1 Å². The molecule has 2 heterocycles. The molecular weight excluding hydrogens is 340 g/mol. The van der Waals surface area contributed by atoms with Crippen molar-refractivity contribution in [1.29, 1.82) is 0 Å². The van der Waals surface area contributed by atoms with Crippen LogP contribution in [0, 0.1) is 0 Å². The van der Waals surface area contributed by atoms with Crippen molar-refractivity contribution in [3.05, 3.63) is 60.0 Å². The highest BCUT2D eigenvalue weighted by atomic mass is 16.5. The molecule has 0 aliphatic rings. The minimum absolute atomic E-state index is 0.134. The number of furan rings is 1. The van der Waals surface area contributed by atoms with Gasteiger partial charge in [0.15, 0.2) is 11.5 Å². The number of aromatic amines is 1. The first-order valence-electron chi connectivity index (χ1n) is 7.48. The number of carbonyl (C=O) groups is 2. The summed E-state index contributed by atoms with van der Waals surface area (Å²) in [6, 6.07) is 11.6. The van der Waals surface area contributed by atoms with Crippen LogP contribution in [0.4, 0.5) is 0 Å². The van der Waals surface area contributed by atoms with E-state index in [4.69, 9.17) is 9.15 Å².